The number of benzene rings is 1. The van der Waals surface area contributed by atoms with Crippen LogP contribution in [0.15, 0.2) is 18.2 Å². The lowest BCUT2D eigenvalue weighted by molar-refractivity contribution is 0.163. The number of halogens is 2. The van der Waals surface area contributed by atoms with Gasteiger partial charge in [0, 0.05) is 45.8 Å². The zero-order chi connectivity index (χ0) is 21.0. The van der Waals surface area contributed by atoms with Crippen molar-refractivity contribution in [3.63, 3.8) is 0 Å². The number of hydrogen-bond acceptors (Lipinski definition) is 3. The minimum absolute atomic E-state index is 0.0277. The Balaban J connectivity index is 1.41. The molecule has 7 heteroatoms. The van der Waals surface area contributed by atoms with Crippen LogP contribution >= 0.6 is 23.2 Å². The molecule has 162 valence electrons. The summed E-state index contributed by atoms with van der Waals surface area (Å²) < 4.78 is 0. The van der Waals surface area contributed by atoms with Gasteiger partial charge in [-0.1, -0.05) is 29.3 Å². The minimum atomic E-state index is 0.0277. The van der Waals surface area contributed by atoms with Crippen LogP contribution < -0.4 is 10.2 Å². The molecule has 1 atom stereocenters. The Morgan fingerprint density at radius 3 is 2.55 bits per heavy atom. The lowest BCUT2D eigenvalue weighted by Crippen LogP contribution is -2.52. The van der Waals surface area contributed by atoms with Crippen molar-refractivity contribution in [1.29, 1.82) is 0 Å². The van der Waals surface area contributed by atoms with E-state index in [0.717, 1.165) is 50.6 Å². The highest BCUT2D eigenvalue weighted by molar-refractivity contribution is 6.43. The van der Waals surface area contributed by atoms with E-state index in [2.05, 4.69) is 28.1 Å². The highest BCUT2D eigenvalue weighted by Crippen LogP contribution is 2.34. The Labute approximate surface area is 185 Å². The third-order valence-electron chi connectivity index (χ3n) is 6.44. The van der Waals surface area contributed by atoms with E-state index in [9.17, 15) is 4.79 Å². The van der Waals surface area contributed by atoms with Crippen LogP contribution in [-0.4, -0.2) is 68.2 Å². The first kappa shape index (κ1) is 22.5. The molecule has 0 unspecified atom stereocenters. The van der Waals surface area contributed by atoms with Gasteiger partial charge in [0.15, 0.2) is 0 Å². The van der Waals surface area contributed by atoms with Gasteiger partial charge in [-0.3, -0.25) is 4.90 Å². The molecule has 2 fully saturated rings. The molecule has 1 aliphatic carbocycles. The molecule has 1 aromatic carbocycles. The Morgan fingerprint density at radius 1 is 1.17 bits per heavy atom. The Kier molecular flexibility index (Phi) is 7.94. The smallest absolute Gasteiger partial charge is 0.317 e. The number of piperazine rings is 1. The van der Waals surface area contributed by atoms with E-state index in [1.54, 1.807) is 19.0 Å². The van der Waals surface area contributed by atoms with E-state index in [-0.39, 0.29) is 6.03 Å². The molecular formula is C22H34Cl2N4O. The number of hydrogen-bond donors (Lipinski definition) is 1. The monoisotopic (exact) mass is 440 g/mol. The zero-order valence-corrected chi connectivity index (χ0v) is 19.3. The van der Waals surface area contributed by atoms with Crippen molar-refractivity contribution in [1.82, 2.24) is 15.1 Å². The third kappa shape index (κ3) is 5.93. The van der Waals surface area contributed by atoms with Gasteiger partial charge in [0.05, 0.1) is 15.7 Å². The summed E-state index contributed by atoms with van der Waals surface area (Å²) in [5, 5.41) is 4.41. The highest BCUT2D eigenvalue weighted by Gasteiger charge is 2.27. The molecule has 1 N–H and O–H groups in total. The molecule has 1 saturated heterocycles. The molecule has 29 heavy (non-hydrogen) atoms. The Morgan fingerprint density at radius 2 is 1.90 bits per heavy atom. The Hall–Kier alpha value is -1.17. The maximum Gasteiger partial charge on any atom is 0.317 e. The molecular weight excluding hydrogens is 407 g/mol. The van der Waals surface area contributed by atoms with E-state index in [1.165, 1.54) is 19.3 Å². The number of carbonyl (C=O) groups is 1. The molecule has 1 aliphatic heterocycles. The van der Waals surface area contributed by atoms with Gasteiger partial charge >= 0.3 is 6.03 Å². The average Bonchev–Trinajstić information content (AvgIpc) is 2.70. The quantitative estimate of drug-likeness (QED) is 0.719. The van der Waals surface area contributed by atoms with Crippen molar-refractivity contribution in [2.75, 3.05) is 45.2 Å². The van der Waals surface area contributed by atoms with Crippen LogP contribution in [0.25, 0.3) is 0 Å². The normalized spacial score (nSPS) is 25.7. The SMILES string of the molecule is C[C@@H]1CN(c2cccc(Cl)c2Cl)CCN1CC[C@H]1CC[C@H](NC(=O)N(C)C)CC1. The summed E-state index contributed by atoms with van der Waals surface area (Å²) in [5.74, 6) is 0.773. The van der Waals surface area contributed by atoms with Crippen LogP contribution in [-0.2, 0) is 0 Å². The van der Waals surface area contributed by atoms with Crippen LogP contribution in [0, 0.1) is 5.92 Å². The molecule has 0 aromatic heterocycles. The summed E-state index contributed by atoms with van der Waals surface area (Å²) >= 11 is 12.6. The van der Waals surface area contributed by atoms with Crippen molar-refractivity contribution >= 4 is 34.9 Å². The largest absolute Gasteiger partial charge is 0.367 e. The summed E-state index contributed by atoms with van der Waals surface area (Å²) in [6, 6.07) is 6.73. The van der Waals surface area contributed by atoms with E-state index >= 15 is 0 Å². The van der Waals surface area contributed by atoms with Crippen LogP contribution in [0.3, 0.4) is 0 Å². The van der Waals surface area contributed by atoms with E-state index in [4.69, 9.17) is 23.2 Å². The number of carbonyl (C=O) groups excluding carboxylic acids is 1. The predicted molar refractivity (Wildman–Crippen MR) is 122 cm³/mol. The molecule has 0 spiro atoms. The highest BCUT2D eigenvalue weighted by atomic mass is 35.5. The fourth-order valence-electron chi connectivity index (χ4n) is 4.53. The first-order valence-electron chi connectivity index (χ1n) is 10.8. The number of amides is 2. The second-order valence-corrected chi connectivity index (χ2v) is 9.54. The van der Waals surface area contributed by atoms with Gasteiger partial charge in [-0.15, -0.1) is 0 Å². The summed E-state index contributed by atoms with van der Waals surface area (Å²) in [5.41, 5.74) is 1.05. The summed E-state index contributed by atoms with van der Waals surface area (Å²) in [6.07, 6.45) is 5.87. The third-order valence-corrected chi connectivity index (χ3v) is 7.25. The summed E-state index contributed by atoms with van der Waals surface area (Å²) in [6.45, 7) is 6.46. The van der Waals surface area contributed by atoms with Crippen molar-refractivity contribution in [2.24, 2.45) is 5.92 Å². The molecule has 1 aromatic rings. The summed E-state index contributed by atoms with van der Waals surface area (Å²) in [4.78, 5) is 18.4. The fourth-order valence-corrected chi connectivity index (χ4v) is 4.95. The lowest BCUT2D eigenvalue weighted by Gasteiger charge is -2.42. The van der Waals surface area contributed by atoms with Gasteiger partial charge in [-0.05, 0) is 63.6 Å². The van der Waals surface area contributed by atoms with Gasteiger partial charge in [0.25, 0.3) is 0 Å². The molecule has 2 aliphatic rings. The van der Waals surface area contributed by atoms with Gasteiger partial charge in [0.1, 0.15) is 0 Å². The molecule has 1 saturated carbocycles. The molecule has 5 nitrogen and oxygen atoms in total. The van der Waals surface area contributed by atoms with E-state index in [1.807, 2.05) is 12.1 Å². The number of nitrogens with one attached hydrogen (secondary N) is 1. The van der Waals surface area contributed by atoms with Crippen LogP contribution in [0.1, 0.15) is 39.0 Å². The van der Waals surface area contributed by atoms with Crippen LogP contribution in [0.5, 0.6) is 0 Å². The fraction of sp³-hybridized carbons (Fsp3) is 0.682. The molecule has 0 radical (unpaired) electrons. The van der Waals surface area contributed by atoms with E-state index < -0.39 is 0 Å². The van der Waals surface area contributed by atoms with Crippen molar-refractivity contribution in [2.45, 2.75) is 51.1 Å². The van der Waals surface area contributed by atoms with Gasteiger partial charge < -0.3 is 15.1 Å². The minimum Gasteiger partial charge on any atom is -0.367 e. The number of nitrogens with zero attached hydrogens (tertiary/aromatic N) is 3. The maximum atomic E-state index is 11.8. The molecule has 3 rings (SSSR count). The predicted octanol–water partition coefficient (Wildman–Crippen LogP) is 4.72. The van der Waals surface area contributed by atoms with Gasteiger partial charge in [0.2, 0.25) is 0 Å². The number of rotatable bonds is 5. The topological polar surface area (TPSA) is 38.8 Å². The van der Waals surface area contributed by atoms with Crippen molar-refractivity contribution in [3.8, 4) is 0 Å². The van der Waals surface area contributed by atoms with Crippen LogP contribution in [0.2, 0.25) is 10.0 Å². The Bertz CT molecular complexity index is 691. The maximum absolute atomic E-state index is 11.8. The standard InChI is InChI=1S/C22H34Cl2N4O/c1-16-15-28(20-6-4-5-19(23)21(20)24)14-13-27(16)12-11-17-7-9-18(10-8-17)25-22(29)26(2)3/h4-6,16-18H,7-15H2,1-3H3,(H,25,29)/t16-,17-,18-/m1/s1. The van der Waals surface area contributed by atoms with Crippen LogP contribution in [0.4, 0.5) is 10.5 Å². The number of urea groups is 1. The second-order valence-electron chi connectivity index (χ2n) is 8.75. The lowest BCUT2D eigenvalue weighted by atomic mass is 9.84. The molecule has 1 heterocycles. The summed E-state index contributed by atoms with van der Waals surface area (Å²) in [7, 11) is 3.59. The molecule has 0 bridgehead atoms. The first-order valence-corrected chi connectivity index (χ1v) is 11.5. The van der Waals surface area contributed by atoms with Crippen molar-refractivity contribution in [3.05, 3.63) is 28.2 Å². The first-order chi connectivity index (χ1) is 13.8. The van der Waals surface area contributed by atoms with Gasteiger partial charge in [-0.25, -0.2) is 4.79 Å². The molecule has 2 amide bonds. The second kappa shape index (κ2) is 10.2. The number of anilines is 1. The van der Waals surface area contributed by atoms with E-state index in [0.29, 0.717) is 22.1 Å². The zero-order valence-electron chi connectivity index (χ0n) is 17.8. The average molecular weight is 441 g/mol. The van der Waals surface area contributed by atoms with Crippen molar-refractivity contribution < 1.29 is 4.79 Å². The van der Waals surface area contributed by atoms with Gasteiger partial charge in [-0.2, -0.15) is 0 Å².